The van der Waals surface area contributed by atoms with Crippen LogP contribution < -0.4 is 10.6 Å². The van der Waals surface area contributed by atoms with Crippen LogP contribution in [0.4, 0.5) is 10.5 Å². The van der Waals surface area contributed by atoms with E-state index in [9.17, 15) is 9.59 Å². The van der Waals surface area contributed by atoms with Crippen molar-refractivity contribution in [2.24, 2.45) is 5.41 Å². The van der Waals surface area contributed by atoms with Gasteiger partial charge in [-0.2, -0.15) is 0 Å². The molecule has 6 nitrogen and oxygen atoms in total. The molecule has 2 amide bonds. The standard InChI is InChI=1S/C15H21N3O3/c1-15(2)7-5-10(6-8-15)17-14(21)18-11-3-4-12(13(19)20)16-9-11/h3-4,9-10H,5-8H2,1-2H3,(H,19,20)(H2,17,18,21). The Bertz CT molecular complexity index is 515. The monoisotopic (exact) mass is 291 g/mol. The Balaban J connectivity index is 1.83. The molecule has 1 aromatic heterocycles. The smallest absolute Gasteiger partial charge is 0.354 e. The largest absolute Gasteiger partial charge is 0.477 e. The molecular formula is C15H21N3O3. The molecule has 0 bridgehead atoms. The first-order valence-electron chi connectivity index (χ1n) is 7.13. The maximum Gasteiger partial charge on any atom is 0.354 e. The van der Waals surface area contributed by atoms with Crippen LogP contribution in [0.2, 0.25) is 0 Å². The van der Waals surface area contributed by atoms with Crippen molar-refractivity contribution in [3.63, 3.8) is 0 Å². The van der Waals surface area contributed by atoms with Crippen LogP contribution in [-0.4, -0.2) is 28.1 Å². The molecular weight excluding hydrogens is 270 g/mol. The van der Waals surface area contributed by atoms with Gasteiger partial charge in [0, 0.05) is 6.04 Å². The summed E-state index contributed by atoms with van der Waals surface area (Å²) < 4.78 is 0. The number of pyridine rings is 1. The third kappa shape index (κ3) is 4.44. The molecule has 21 heavy (non-hydrogen) atoms. The minimum Gasteiger partial charge on any atom is -0.477 e. The summed E-state index contributed by atoms with van der Waals surface area (Å²) in [5.41, 5.74) is 0.801. The van der Waals surface area contributed by atoms with Crippen molar-refractivity contribution in [3.05, 3.63) is 24.0 Å². The highest BCUT2D eigenvalue weighted by Gasteiger charge is 2.27. The van der Waals surface area contributed by atoms with Crippen molar-refractivity contribution in [2.45, 2.75) is 45.6 Å². The number of carbonyl (C=O) groups is 2. The van der Waals surface area contributed by atoms with E-state index in [1.54, 1.807) is 0 Å². The van der Waals surface area contributed by atoms with Crippen molar-refractivity contribution in [1.29, 1.82) is 0 Å². The molecule has 0 saturated heterocycles. The van der Waals surface area contributed by atoms with Crippen LogP contribution in [0.15, 0.2) is 18.3 Å². The number of hydrogen-bond acceptors (Lipinski definition) is 3. The van der Waals surface area contributed by atoms with Gasteiger partial charge < -0.3 is 15.7 Å². The van der Waals surface area contributed by atoms with Crippen molar-refractivity contribution in [2.75, 3.05) is 5.32 Å². The van der Waals surface area contributed by atoms with Gasteiger partial charge in [0.25, 0.3) is 0 Å². The molecule has 1 heterocycles. The van der Waals surface area contributed by atoms with Crippen LogP contribution in [0, 0.1) is 5.41 Å². The number of anilines is 1. The lowest BCUT2D eigenvalue weighted by Crippen LogP contribution is -2.41. The fraction of sp³-hybridized carbons (Fsp3) is 0.533. The second-order valence-electron chi connectivity index (χ2n) is 6.27. The van der Waals surface area contributed by atoms with Gasteiger partial charge in [0.15, 0.2) is 0 Å². The summed E-state index contributed by atoms with van der Waals surface area (Å²) in [6.07, 6.45) is 5.51. The predicted octanol–water partition coefficient (Wildman–Crippen LogP) is 2.87. The van der Waals surface area contributed by atoms with E-state index in [1.165, 1.54) is 18.3 Å². The van der Waals surface area contributed by atoms with E-state index >= 15 is 0 Å². The molecule has 3 N–H and O–H groups in total. The molecule has 1 fully saturated rings. The third-order valence-electron chi connectivity index (χ3n) is 3.91. The number of nitrogens with zero attached hydrogens (tertiary/aromatic N) is 1. The Kier molecular flexibility index (Phi) is 4.45. The number of aromatic nitrogens is 1. The summed E-state index contributed by atoms with van der Waals surface area (Å²) in [6.45, 7) is 4.50. The molecule has 2 rings (SSSR count). The van der Waals surface area contributed by atoms with Gasteiger partial charge in [-0.15, -0.1) is 0 Å². The maximum absolute atomic E-state index is 11.9. The number of aromatic carboxylic acids is 1. The Labute approximate surface area is 124 Å². The zero-order valence-electron chi connectivity index (χ0n) is 12.3. The predicted molar refractivity (Wildman–Crippen MR) is 79.4 cm³/mol. The fourth-order valence-electron chi connectivity index (χ4n) is 2.49. The minimum absolute atomic E-state index is 0.0459. The van der Waals surface area contributed by atoms with Crippen molar-refractivity contribution in [1.82, 2.24) is 10.3 Å². The summed E-state index contributed by atoms with van der Waals surface area (Å²) in [6, 6.07) is 2.81. The molecule has 0 aliphatic heterocycles. The fourth-order valence-corrected chi connectivity index (χ4v) is 2.49. The summed E-state index contributed by atoms with van der Waals surface area (Å²) in [5, 5.41) is 14.4. The van der Waals surface area contributed by atoms with Gasteiger partial charge in [0.2, 0.25) is 0 Å². The summed E-state index contributed by atoms with van der Waals surface area (Å²) in [7, 11) is 0. The van der Waals surface area contributed by atoms with E-state index in [-0.39, 0.29) is 17.8 Å². The molecule has 0 aromatic carbocycles. The van der Waals surface area contributed by atoms with Crippen molar-refractivity contribution in [3.8, 4) is 0 Å². The van der Waals surface area contributed by atoms with Crippen LogP contribution in [0.25, 0.3) is 0 Å². The molecule has 1 aromatic rings. The molecule has 1 aliphatic rings. The van der Waals surface area contributed by atoms with Gasteiger partial charge >= 0.3 is 12.0 Å². The Hall–Kier alpha value is -2.11. The molecule has 0 unspecified atom stereocenters. The number of urea groups is 1. The average Bonchev–Trinajstić information content (AvgIpc) is 2.42. The van der Waals surface area contributed by atoms with Crippen LogP contribution in [0.3, 0.4) is 0 Å². The molecule has 0 atom stereocenters. The highest BCUT2D eigenvalue weighted by atomic mass is 16.4. The Morgan fingerprint density at radius 2 is 1.95 bits per heavy atom. The normalized spacial score (nSPS) is 18.0. The summed E-state index contributed by atoms with van der Waals surface area (Å²) in [4.78, 5) is 26.3. The molecule has 1 aliphatic carbocycles. The zero-order chi connectivity index (χ0) is 15.5. The second kappa shape index (κ2) is 6.11. The molecule has 1 saturated carbocycles. The first kappa shape index (κ1) is 15.3. The van der Waals surface area contributed by atoms with Gasteiger partial charge in [0.1, 0.15) is 5.69 Å². The number of carbonyl (C=O) groups excluding carboxylic acids is 1. The minimum atomic E-state index is -1.09. The molecule has 0 spiro atoms. The number of carboxylic acid groups (broad SMARTS) is 1. The lowest BCUT2D eigenvalue weighted by Gasteiger charge is -2.34. The number of rotatable bonds is 3. The molecule has 6 heteroatoms. The number of hydrogen-bond donors (Lipinski definition) is 3. The highest BCUT2D eigenvalue weighted by molar-refractivity contribution is 5.90. The van der Waals surface area contributed by atoms with Crippen LogP contribution >= 0.6 is 0 Å². The van der Waals surface area contributed by atoms with E-state index in [0.717, 1.165) is 25.7 Å². The van der Waals surface area contributed by atoms with Crippen molar-refractivity contribution < 1.29 is 14.7 Å². The topological polar surface area (TPSA) is 91.3 Å². The molecule has 0 radical (unpaired) electrons. The van der Waals surface area contributed by atoms with E-state index in [1.807, 2.05) is 0 Å². The van der Waals surface area contributed by atoms with Crippen LogP contribution in [0.5, 0.6) is 0 Å². The highest BCUT2D eigenvalue weighted by Crippen LogP contribution is 2.34. The van der Waals surface area contributed by atoms with E-state index in [2.05, 4.69) is 29.5 Å². The first-order chi connectivity index (χ1) is 9.85. The van der Waals surface area contributed by atoms with Crippen molar-refractivity contribution >= 4 is 17.7 Å². The maximum atomic E-state index is 11.9. The Morgan fingerprint density at radius 1 is 1.29 bits per heavy atom. The Morgan fingerprint density at radius 3 is 2.48 bits per heavy atom. The summed E-state index contributed by atoms with van der Waals surface area (Å²) >= 11 is 0. The van der Waals surface area contributed by atoms with Gasteiger partial charge in [-0.25, -0.2) is 14.6 Å². The number of carboxylic acids is 1. The quantitative estimate of drug-likeness (QED) is 0.798. The van der Waals surface area contributed by atoms with E-state index < -0.39 is 5.97 Å². The van der Waals surface area contributed by atoms with Crippen LogP contribution in [0.1, 0.15) is 50.0 Å². The van der Waals surface area contributed by atoms with Gasteiger partial charge in [-0.05, 0) is 43.2 Å². The lowest BCUT2D eigenvalue weighted by molar-refractivity contribution is 0.0690. The van der Waals surface area contributed by atoms with Gasteiger partial charge in [-0.1, -0.05) is 13.8 Å². The zero-order valence-corrected chi connectivity index (χ0v) is 12.3. The van der Waals surface area contributed by atoms with E-state index in [0.29, 0.717) is 11.1 Å². The lowest BCUT2D eigenvalue weighted by atomic mass is 9.76. The van der Waals surface area contributed by atoms with Crippen LogP contribution in [-0.2, 0) is 0 Å². The number of amides is 2. The average molecular weight is 291 g/mol. The first-order valence-corrected chi connectivity index (χ1v) is 7.13. The summed E-state index contributed by atoms with van der Waals surface area (Å²) in [5.74, 6) is -1.09. The number of nitrogens with one attached hydrogen (secondary N) is 2. The van der Waals surface area contributed by atoms with Gasteiger partial charge in [-0.3, -0.25) is 0 Å². The molecule has 114 valence electrons. The van der Waals surface area contributed by atoms with Gasteiger partial charge in [0.05, 0.1) is 11.9 Å². The SMILES string of the molecule is CC1(C)CCC(NC(=O)Nc2ccc(C(=O)O)nc2)CC1. The third-order valence-corrected chi connectivity index (χ3v) is 3.91. The van der Waals surface area contributed by atoms with E-state index in [4.69, 9.17) is 5.11 Å². The second-order valence-corrected chi connectivity index (χ2v) is 6.27.